The molecular weight excluding hydrogens is 284 g/mol. The molecule has 2 atom stereocenters. The van der Waals surface area contributed by atoms with Gasteiger partial charge in [-0.1, -0.05) is 23.7 Å². The summed E-state index contributed by atoms with van der Waals surface area (Å²) < 4.78 is 30.3. The molecule has 1 aromatic rings. The molecule has 0 aliphatic carbocycles. The molecule has 1 aliphatic heterocycles. The molecule has 3 nitrogen and oxygen atoms in total. The van der Waals surface area contributed by atoms with Gasteiger partial charge in [-0.25, -0.2) is 8.42 Å². The van der Waals surface area contributed by atoms with Crippen molar-refractivity contribution in [3.05, 3.63) is 34.9 Å². The topological polar surface area (TPSA) is 43.4 Å². The first kappa shape index (κ1) is 14.8. The molecule has 0 N–H and O–H groups in total. The summed E-state index contributed by atoms with van der Waals surface area (Å²) in [5.41, 5.74) is 0.778. The summed E-state index contributed by atoms with van der Waals surface area (Å²) in [6.45, 7) is 2.40. The lowest BCUT2D eigenvalue weighted by Gasteiger charge is -2.24. The van der Waals surface area contributed by atoms with Gasteiger partial charge in [0.05, 0.1) is 17.1 Å². The highest BCUT2D eigenvalue weighted by molar-refractivity contribution is 7.91. The summed E-state index contributed by atoms with van der Waals surface area (Å²) in [7, 11) is -3.19. The Bertz CT molecular complexity index is 504. The zero-order chi connectivity index (χ0) is 13.9. The van der Waals surface area contributed by atoms with Crippen LogP contribution in [0, 0.1) is 0 Å². The summed E-state index contributed by atoms with van der Waals surface area (Å²) >= 11 is 5.82. The Morgan fingerprint density at radius 3 is 2.58 bits per heavy atom. The summed E-state index contributed by atoms with van der Waals surface area (Å²) in [6, 6.07) is 6.98. The smallest absolute Gasteiger partial charge is 0.159 e. The highest BCUT2D eigenvalue weighted by atomic mass is 35.5. The molecule has 5 heteroatoms. The van der Waals surface area contributed by atoms with E-state index in [1.807, 2.05) is 0 Å². The molecule has 0 radical (unpaired) electrons. The molecule has 1 aromatic carbocycles. The van der Waals surface area contributed by atoms with Gasteiger partial charge in [0.1, 0.15) is 0 Å². The largest absolute Gasteiger partial charge is 0.377 e. The summed E-state index contributed by atoms with van der Waals surface area (Å²) in [5.74, 6) is 0.108. The second kappa shape index (κ2) is 6.25. The highest BCUT2D eigenvalue weighted by Gasteiger charge is 2.28. The van der Waals surface area contributed by atoms with E-state index in [2.05, 4.69) is 0 Å². The summed E-state index contributed by atoms with van der Waals surface area (Å²) in [5, 5.41) is 0.0965. The van der Waals surface area contributed by atoms with Crippen molar-refractivity contribution in [2.45, 2.75) is 37.5 Å². The number of rotatable bonds is 4. The third kappa shape index (κ3) is 3.94. The van der Waals surface area contributed by atoms with E-state index in [1.165, 1.54) is 0 Å². The van der Waals surface area contributed by atoms with E-state index >= 15 is 0 Å². The van der Waals surface area contributed by atoms with Crippen LogP contribution in [0.15, 0.2) is 24.3 Å². The lowest BCUT2D eigenvalue weighted by molar-refractivity contribution is 0.0304. The van der Waals surface area contributed by atoms with Crippen molar-refractivity contribution in [1.82, 2.24) is 0 Å². The maximum atomic E-state index is 12.4. The molecule has 1 fully saturated rings. The van der Waals surface area contributed by atoms with Crippen molar-refractivity contribution < 1.29 is 13.2 Å². The highest BCUT2D eigenvalue weighted by Crippen LogP contribution is 2.26. The van der Waals surface area contributed by atoms with Gasteiger partial charge >= 0.3 is 0 Å². The van der Waals surface area contributed by atoms with Gasteiger partial charge in [0.25, 0.3) is 0 Å². The molecule has 0 bridgehead atoms. The SMILES string of the molecule is C[C@@H](c1ccc(Cl)cc1)S(=O)(=O)C[C@H]1CCCCO1. The van der Waals surface area contributed by atoms with Crippen LogP contribution in [0.3, 0.4) is 0 Å². The zero-order valence-corrected chi connectivity index (χ0v) is 12.6. The molecule has 2 rings (SSSR count). The van der Waals surface area contributed by atoms with Crippen LogP contribution in [0.1, 0.15) is 37.0 Å². The molecule has 0 saturated carbocycles. The van der Waals surface area contributed by atoms with Crippen LogP contribution in [0.4, 0.5) is 0 Å². The summed E-state index contributed by atoms with van der Waals surface area (Å²) in [4.78, 5) is 0. The predicted octanol–water partition coefficient (Wildman–Crippen LogP) is 3.38. The van der Waals surface area contributed by atoms with Gasteiger partial charge in [-0.05, 0) is 43.9 Å². The maximum absolute atomic E-state index is 12.4. The third-order valence-electron chi connectivity index (χ3n) is 3.57. The van der Waals surface area contributed by atoms with E-state index in [9.17, 15) is 8.42 Å². The molecule has 0 spiro atoms. The van der Waals surface area contributed by atoms with Crippen LogP contribution in [0.25, 0.3) is 0 Å². The van der Waals surface area contributed by atoms with Gasteiger partial charge in [-0.2, -0.15) is 0 Å². The van der Waals surface area contributed by atoms with Crippen LogP contribution in [0.5, 0.6) is 0 Å². The van der Waals surface area contributed by atoms with Crippen molar-refractivity contribution >= 4 is 21.4 Å². The minimum absolute atomic E-state index is 0.108. The first-order valence-corrected chi connectivity index (χ1v) is 8.67. The molecule has 0 amide bonds. The van der Waals surface area contributed by atoms with Crippen LogP contribution in [0.2, 0.25) is 5.02 Å². The second-order valence-electron chi connectivity index (χ2n) is 5.01. The van der Waals surface area contributed by atoms with E-state index in [0.29, 0.717) is 11.6 Å². The van der Waals surface area contributed by atoms with Crippen molar-refractivity contribution in [1.29, 1.82) is 0 Å². The Kier molecular flexibility index (Phi) is 4.87. The first-order valence-electron chi connectivity index (χ1n) is 6.57. The normalized spacial score (nSPS) is 22.1. The minimum Gasteiger partial charge on any atom is -0.377 e. The maximum Gasteiger partial charge on any atom is 0.159 e. The van der Waals surface area contributed by atoms with Gasteiger partial charge in [-0.3, -0.25) is 0 Å². The first-order chi connectivity index (χ1) is 8.99. The standard InChI is InChI=1S/C14H19ClO3S/c1-11(12-5-7-13(15)8-6-12)19(16,17)10-14-4-2-3-9-18-14/h5-8,11,14H,2-4,9-10H2,1H3/t11-,14+/m0/s1. The second-order valence-corrected chi connectivity index (χ2v) is 7.81. The monoisotopic (exact) mass is 302 g/mol. The Labute approximate surface area is 119 Å². The average Bonchev–Trinajstić information content (AvgIpc) is 2.39. The van der Waals surface area contributed by atoms with E-state index in [4.69, 9.17) is 16.3 Å². The van der Waals surface area contributed by atoms with E-state index in [0.717, 1.165) is 24.8 Å². The zero-order valence-electron chi connectivity index (χ0n) is 11.0. The molecular formula is C14H19ClO3S. The number of ether oxygens (including phenoxy) is 1. The van der Waals surface area contributed by atoms with Gasteiger partial charge in [0.2, 0.25) is 0 Å². The van der Waals surface area contributed by atoms with Gasteiger partial charge in [-0.15, -0.1) is 0 Å². The fourth-order valence-electron chi connectivity index (χ4n) is 2.28. The predicted molar refractivity (Wildman–Crippen MR) is 77.2 cm³/mol. The fourth-order valence-corrected chi connectivity index (χ4v) is 4.05. The molecule has 0 aromatic heterocycles. The number of hydrogen-bond donors (Lipinski definition) is 0. The van der Waals surface area contributed by atoms with Crippen LogP contribution in [-0.2, 0) is 14.6 Å². The number of benzene rings is 1. The number of hydrogen-bond acceptors (Lipinski definition) is 3. The average molecular weight is 303 g/mol. The van der Waals surface area contributed by atoms with E-state index < -0.39 is 15.1 Å². The third-order valence-corrected chi connectivity index (χ3v) is 6.01. The molecule has 0 unspecified atom stereocenters. The van der Waals surface area contributed by atoms with E-state index in [-0.39, 0.29) is 11.9 Å². The minimum atomic E-state index is -3.19. The number of sulfone groups is 1. The molecule has 1 saturated heterocycles. The lowest BCUT2D eigenvalue weighted by atomic mass is 10.1. The van der Waals surface area contributed by atoms with Gasteiger partial charge < -0.3 is 4.74 Å². The quantitative estimate of drug-likeness (QED) is 0.856. The van der Waals surface area contributed by atoms with Crippen molar-refractivity contribution in [2.75, 3.05) is 12.4 Å². The van der Waals surface area contributed by atoms with Crippen LogP contribution < -0.4 is 0 Å². The van der Waals surface area contributed by atoms with Gasteiger partial charge in [0.15, 0.2) is 9.84 Å². The van der Waals surface area contributed by atoms with E-state index in [1.54, 1.807) is 31.2 Å². The van der Waals surface area contributed by atoms with Crippen molar-refractivity contribution in [2.24, 2.45) is 0 Å². The van der Waals surface area contributed by atoms with Crippen molar-refractivity contribution in [3.8, 4) is 0 Å². The molecule has 1 aliphatic rings. The lowest BCUT2D eigenvalue weighted by Crippen LogP contribution is -2.29. The fraction of sp³-hybridized carbons (Fsp3) is 0.571. The Balaban J connectivity index is 2.07. The molecule has 1 heterocycles. The summed E-state index contributed by atoms with van der Waals surface area (Å²) in [6.07, 6.45) is 2.78. The Morgan fingerprint density at radius 1 is 1.32 bits per heavy atom. The number of halogens is 1. The Hall–Kier alpha value is -0.580. The Morgan fingerprint density at radius 2 is 2.00 bits per heavy atom. The molecule has 19 heavy (non-hydrogen) atoms. The van der Waals surface area contributed by atoms with Crippen LogP contribution in [-0.4, -0.2) is 26.9 Å². The van der Waals surface area contributed by atoms with Crippen LogP contribution >= 0.6 is 11.6 Å². The molecule has 106 valence electrons. The van der Waals surface area contributed by atoms with Gasteiger partial charge in [0, 0.05) is 11.6 Å². The van der Waals surface area contributed by atoms with Crippen molar-refractivity contribution in [3.63, 3.8) is 0 Å².